The van der Waals surface area contributed by atoms with E-state index in [-0.39, 0.29) is 6.03 Å². The summed E-state index contributed by atoms with van der Waals surface area (Å²) >= 11 is 0. The number of carbonyl (C=O) groups is 1. The van der Waals surface area contributed by atoms with Crippen LogP contribution in [0.4, 0.5) is 10.5 Å². The number of amides is 2. The molecule has 1 saturated carbocycles. The zero-order chi connectivity index (χ0) is 15.9. The summed E-state index contributed by atoms with van der Waals surface area (Å²) in [6.45, 7) is 2.81. The second-order valence-electron chi connectivity index (χ2n) is 6.99. The maximum Gasteiger partial charge on any atom is 0.321 e. The Bertz CT molecular complexity index is 485. The Labute approximate surface area is 139 Å². The normalized spacial score (nSPS) is 22.8. The molecule has 0 radical (unpaired) electrons. The first-order chi connectivity index (χ1) is 11.3. The molecule has 23 heavy (non-hydrogen) atoms. The molecule has 1 atom stereocenters. The molecule has 1 aromatic carbocycles. The van der Waals surface area contributed by atoms with E-state index < -0.39 is 0 Å². The number of rotatable bonds is 4. The van der Waals surface area contributed by atoms with Crippen LogP contribution in [-0.4, -0.2) is 36.6 Å². The summed E-state index contributed by atoms with van der Waals surface area (Å²) in [7, 11) is 0. The van der Waals surface area contributed by atoms with Gasteiger partial charge in [-0.25, -0.2) is 4.79 Å². The second-order valence-corrected chi connectivity index (χ2v) is 6.99. The molecule has 1 heterocycles. The van der Waals surface area contributed by atoms with Gasteiger partial charge in [-0.05, 0) is 50.3 Å². The fourth-order valence-electron chi connectivity index (χ4n) is 3.78. The highest BCUT2D eigenvalue weighted by Crippen LogP contribution is 2.23. The number of anilines is 1. The molecule has 1 aliphatic heterocycles. The SMILES string of the molecule is O=C(Nc1ccccc1)N1CCCC(NCC2CCCCC2)C1. The van der Waals surface area contributed by atoms with Crippen molar-refractivity contribution >= 4 is 11.7 Å². The average molecular weight is 315 g/mol. The number of piperidine rings is 1. The van der Waals surface area contributed by atoms with Gasteiger partial charge in [0.05, 0.1) is 0 Å². The van der Waals surface area contributed by atoms with E-state index in [9.17, 15) is 4.79 Å². The van der Waals surface area contributed by atoms with Crippen molar-refractivity contribution in [1.82, 2.24) is 10.2 Å². The third-order valence-electron chi connectivity index (χ3n) is 5.15. The minimum absolute atomic E-state index is 0.0281. The topological polar surface area (TPSA) is 44.4 Å². The van der Waals surface area contributed by atoms with Crippen molar-refractivity contribution in [2.24, 2.45) is 5.92 Å². The lowest BCUT2D eigenvalue weighted by molar-refractivity contribution is 0.182. The number of benzene rings is 1. The van der Waals surface area contributed by atoms with E-state index >= 15 is 0 Å². The summed E-state index contributed by atoms with van der Waals surface area (Å²) in [5.74, 6) is 0.845. The van der Waals surface area contributed by atoms with Crippen LogP contribution in [0, 0.1) is 5.92 Å². The highest BCUT2D eigenvalue weighted by molar-refractivity contribution is 5.89. The molecule has 4 heteroatoms. The van der Waals surface area contributed by atoms with Gasteiger partial charge in [-0.2, -0.15) is 0 Å². The van der Waals surface area contributed by atoms with E-state index in [0.29, 0.717) is 6.04 Å². The van der Waals surface area contributed by atoms with Crippen LogP contribution >= 0.6 is 0 Å². The lowest BCUT2D eigenvalue weighted by atomic mass is 9.89. The Balaban J connectivity index is 1.44. The average Bonchev–Trinajstić information content (AvgIpc) is 2.62. The highest BCUT2D eigenvalue weighted by Gasteiger charge is 2.24. The van der Waals surface area contributed by atoms with Crippen LogP contribution in [0.25, 0.3) is 0 Å². The molecule has 2 N–H and O–H groups in total. The Morgan fingerprint density at radius 1 is 1.04 bits per heavy atom. The van der Waals surface area contributed by atoms with Gasteiger partial charge in [0, 0.05) is 24.8 Å². The van der Waals surface area contributed by atoms with Crippen molar-refractivity contribution in [2.45, 2.75) is 51.0 Å². The van der Waals surface area contributed by atoms with Crippen LogP contribution in [0.5, 0.6) is 0 Å². The van der Waals surface area contributed by atoms with Gasteiger partial charge >= 0.3 is 6.03 Å². The van der Waals surface area contributed by atoms with E-state index in [1.807, 2.05) is 35.2 Å². The van der Waals surface area contributed by atoms with Crippen LogP contribution < -0.4 is 10.6 Å². The van der Waals surface area contributed by atoms with E-state index in [1.165, 1.54) is 38.5 Å². The summed E-state index contributed by atoms with van der Waals surface area (Å²) in [6.07, 6.45) is 9.21. The minimum Gasteiger partial charge on any atom is -0.323 e. The molecule has 0 aromatic heterocycles. The number of para-hydroxylation sites is 1. The molecule has 126 valence electrons. The smallest absolute Gasteiger partial charge is 0.321 e. The van der Waals surface area contributed by atoms with E-state index in [2.05, 4.69) is 10.6 Å². The van der Waals surface area contributed by atoms with Crippen molar-refractivity contribution < 1.29 is 4.79 Å². The molecule has 1 aromatic rings. The third kappa shape index (κ3) is 4.96. The molecule has 0 bridgehead atoms. The molecule has 3 rings (SSSR count). The van der Waals surface area contributed by atoms with Crippen molar-refractivity contribution in [3.05, 3.63) is 30.3 Å². The van der Waals surface area contributed by atoms with Crippen molar-refractivity contribution in [1.29, 1.82) is 0 Å². The Morgan fingerprint density at radius 3 is 2.61 bits per heavy atom. The Morgan fingerprint density at radius 2 is 1.83 bits per heavy atom. The van der Waals surface area contributed by atoms with Crippen LogP contribution in [0.15, 0.2) is 30.3 Å². The van der Waals surface area contributed by atoms with Gasteiger partial charge in [-0.3, -0.25) is 0 Å². The summed E-state index contributed by atoms with van der Waals surface area (Å²) in [6, 6.07) is 10.2. The van der Waals surface area contributed by atoms with Crippen LogP contribution in [0.1, 0.15) is 44.9 Å². The van der Waals surface area contributed by atoms with E-state index in [0.717, 1.165) is 37.7 Å². The molecular formula is C19H29N3O. The minimum atomic E-state index is 0.0281. The van der Waals surface area contributed by atoms with Gasteiger partial charge < -0.3 is 15.5 Å². The molecule has 1 saturated heterocycles. The second kappa shape index (κ2) is 8.34. The number of nitrogens with zero attached hydrogens (tertiary/aromatic N) is 1. The van der Waals surface area contributed by atoms with Gasteiger partial charge in [-0.1, -0.05) is 37.5 Å². The molecule has 4 nitrogen and oxygen atoms in total. The quantitative estimate of drug-likeness (QED) is 0.886. The van der Waals surface area contributed by atoms with Gasteiger partial charge in [0.15, 0.2) is 0 Å². The predicted molar refractivity (Wildman–Crippen MR) is 94.6 cm³/mol. The molecule has 1 aliphatic carbocycles. The van der Waals surface area contributed by atoms with Gasteiger partial charge in [0.25, 0.3) is 0 Å². The third-order valence-corrected chi connectivity index (χ3v) is 5.15. The number of nitrogens with one attached hydrogen (secondary N) is 2. The first kappa shape index (κ1) is 16.3. The van der Waals surface area contributed by atoms with E-state index in [4.69, 9.17) is 0 Å². The fourth-order valence-corrected chi connectivity index (χ4v) is 3.78. The van der Waals surface area contributed by atoms with Crippen LogP contribution in [0.3, 0.4) is 0 Å². The highest BCUT2D eigenvalue weighted by atomic mass is 16.2. The number of hydrogen-bond donors (Lipinski definition) is 2. The fraction of sp³-hybridized carbons (Fsp3) is 0.632. The Kier molecular flexibility index (Phi) is 5.92. The zero-order valence-electron chi connectivity index (χ0n) is 14.0. The summed E-state index contributed by atoms with van der Waals surface area (Å²) in [5.41, 5.74) is 0.870. The van der Waals surface area contributed by atoms with Crippen molar-refractivity contribution in [3.8, 4) is 0 Å². The molecular weight excluding hydrogens is 286 g/mol. The maximum absolute atomic E-state index is 12.4. The Hall–Kier alpha value is -1.55. The van der Waals surface area contributed by atoms with Gasteiger partial charge in [-0.15, -0.1) is 0 Å². The van der Waals surface area contributed by atoms with Crippen molar-refractivity contribution in [2.75, 3.05) is 25.0 Å². The molecule has 2 amide bonds. The number of urea groups is 1. The standard InChI is InChI=1S/C19H29N3O/c23-19(21-17-10-5-2-6-11-17)22-13-7-12-18(15-22)20-14-16-8-3-1-4-9-16/h2,5-6,10-11,16,18,20H,1,3-4,7-9,12-15H2,(H,21,23). The first-order valence-corrected chi connectivity index (χ1v) is 9.15. The first-order valence-electron chi connectivity index (χ1n) is 9.15. The molecule has 2 aliphatic rings. The summed E-state index contributed by atoms with van der Waals surface area (Å²) in [5, 5.41) is 6.72. The van der Waals surface area contributed by atoms with Crippen molar-refractivity contribution in [3.63, 3.8) is 0 Å². The molecule has 0 spiro atoms. The monoisotopic (exact) mass is 315 g/mol. The predicted octanol–water partition coefficient (Wildman–Crippen LogP) is 3.85. The summed E-state index contributed by atoms with van der Waals surface area (Å²) in [4.78, 5) is 14.4. The molecule has 1 unspecified atom stereocenters. The lowest BCUT2D eigenvalue weighted by Crippen LogP contribution is -2.50. The zero-order valence-corrected chi connectivity index (χ0v) is 14.0. The van der Waals surface area contributed by atoms with Crippen LogP contribution in [0.2, 0.25) is 0 Å². The lowest BCUT2D eigenvalue weighted by Gasteiger charge is -2.34. The van der Waals surface area contributed by atoms with E-state index in [1.54, 1.807) is 0 Å². The maximum atomic E-state index is 12.4. The number of likely N-dealkylation sites (tertiary alicyclic amines) is 1. The summed E-state index contributed by atoms with van der Waals surface area (Å²) < 4.78 is 0. The molecule has 2 fully saturated rings. The number of carbonyl (C=O) groups excluding carboxylic acids is 1. The largest absolute Gasteiger partial charge is 0.323 e. The van der Waals surface area contributed by atoms with Crippen LogP contribution in [-0.2, 0) is 0 Å². The number of hydrogen-bond acceptors (Lipinski definition) is 2. The van der Waals surface area contributed by atoms with Gasteiger partial charge in [0.2, 0.25) is 0 Å². The van der Waals surface area contributed by atoms with Gasteiger partial charge in [0.1, 0.15) is 0 Å².